The first-order valence-electron chi connectivity index (χ1n) is 7.94. The Kier molecular flexibility index (Phi) is 4.76. The summed E-state index contributed by atoms with van der Waals surface area (Å²) in [5, 5.41) is 0.727. The number of hydrogen-bond acceptors (Lipinski definition) is 4. The van der Waals surface area contributed by atoms with Gasteiger partial charge in [0.25, 0.3) is 5.91 Å². The Morgan fingerprint density at radius 3 is 2.71 bits per heavy atom. The first kappa shape index (κ1) is 16.8. The van der Waals surface area contributed by atoms with E-state index >= 15 is 0 Å². The molecule has 3 rings (SSSR count). The van der Waals surface area contributed by atoms with E-state index in [0.717, 1.165) is 21.0 Å². The van der Waals surface area contributed by atoms with Crippen molar-refractivity contribution < 1.29 is 19.1 Å². The molecule has 2 heterocycles. The fourth-order valence-electron chi connectivity index (χ4n) is 2.98. The van der Waals surface area contributed by atoms with E-state index in [0.29, 0.717) is 32.5 Å². The minimum absolute atomic E-state index is 0.0918. The van der Waals surface area contributed by atoms with Crippen LogP contribution in [0.2, 0.25) is 5.02 Å². The number of hydrogen-bond donors (Lipinski definition) is 0. The standard InChI is InChI=1S/C17H19ClN2O4/c1-11-6-12(2-4-14(11)18)3-5-15(21)19-7-13(8-19)9-20-16(22)10-24-17(20)23/h2,4,6,13H,3,5,7-10H2,1H3. The highest BCUT2D eigenvalue weighted by atomic mass is 35.5. The second-order valence-electron chi connectivity index (χ2n) is 6.31. The smallest absolute Gasteiger partial charge is 0.417 e. The summed E-state index contributed by atoms with van der Waals surface area (Å²) in [5.41, 5.74) is 2.10. The molecule has 2 fully saturated rings. The summed E-state index contributed by atoms with van der Waals surface area (Å²) in [7, 11) is 0. The largest absolute Gasteiger partial charge is 0.439 e. The summed E-state index contributed by atoms with van der Waals surface area (Å²) in [4.78, 5) is 37.9. The normalized spacial score (nSPS) is 17.9. The number of cyclic esters (lactones) is 1. The van der Waals surface area contributed by atoms with Crippen LogP contribution >= 0.6 is 11.6 Å². The number of imide groups is 1. The number of carbonyl (C=O) groups is 3. The lowest BCUT2D eigenvalue weighted by Gasteiger charge is -2.40. The van der Waals surface area contributed by atoms with Crippen LogP contribution in [0.25, 0.3) is 0 Å². The molecule has 0 unspecified atom stereocenters. The number of aryl methyl sites for hydroxylation is 2. The molecule has 7 heteroatoms. The van der Waals surface area contributed by atoms with E-state index in [2.05, 4.69) is 4.74 Å². The van der Waals surface area contributed by atoms with Gasteiger partial charge in [0.05, 0.1) is 0 Å². The molecule has 24 heavy (non-hydrogen) atoms. The number of ether oxygens (including phenoxy) is 1. The van der Waals surface area contributed by atoms with Gasteiger partial charge in [0.2, 0.25) is 5.91 Å². The SMILES string of the molecule is Cc1cc(CCC(=O)N2CC(CN3C(=O)COC3=O)C2)ccc1Cl. The van der Waals surface area contributed by atoms with E-state index in [9.17, 15) is 14.4 Å². The van der Waals surface area contributed by atoms with Crippen molar-refractivity contribution in [3.63, 3.8) is 0 Å². The fourth-order valence-corrected chi connectivity index (χ4v) is 3.09. The van der Waals surface area contributed by atoms with Gasteiger partial charge in [0, 0.05) is 37.0 Å². The average molecular weight is 351 g/mol. The molecule has 0 aliphatic carbocycles. The maximum absolute atomic E-state index is 12.2. The van der Waals surface area contributed by atoms with Crippen molar-refractivity contribution in [2.45, 2.75) is 19.8 Å². The highest BCUT2D eigenvalue weighted by Gasteiger charge is 2.38. The summed E-state index contributed by atoms with van der Waals surface area (Å²) in [6, 6.07) is 5.79. The van der Waals surface area contributed by atoms with Crippen LogP contribution in [0.4, 0.5) is 4.79 Å². The van der Waals surface area contributed by atoms with Crippen molar-refractivity contribution in [1.29, 1.82) is 0 Å². The predicted molar refractivity (Wildman–Crippen MR) is 87.6 cm³/mol. The Morgan fingerprint density at radius 2 is 2.08 bits per heavy atom. The lowest BCUT2D eigenvalue weighted by molar-refractivity contribution is -0.138. The molecule has 6 nitrogen and oxygen atoms in total. The molecule has 0 saturated carbocycles. The summed E-state index contributed by atoms with van der Waals surface area (Å²) in [5.74, 6) is -0.0709. The summed E-state index contributed by atoms with van der Waals surface area (Å²) in [6.45, 7) is 3.26. The van der Waals surface area contributed by atoms with Gasteiger partial charge in [-0.15, -0.1) is 0 Å². The van der Waals surface area contributed by atoms with E-state index < -0.39 is 6.09 Å². The van der Waals surface area contributed by atoms with Gasteiger partial charge in [-0.25, -0.2) is 9.69 Å². The number of nitrogens with zero attached hydrogens (tertiary/aromatic N) is 2. The fraction of sp³-hybridized carbons (Fsp3) is 0.471. The van der Waals surface area contributed by atoms with Crippen molar-refractivity contribution in [1.82, 2.24) is 9.80 Å². The highest BCUT2D eigenvalue weighted by molar-refractivity contribution is 6.31. The molecule has 2 aliphatic rings. The third kappa shape index (κ3) is 3.53. The second-order valence-corrected chi connectivity index (χ2v) is 6.71. The van der Waals surface area contributed by atoms with Gasteiger partial charge in [0.1, 0.15) is 0 Å². The van der Waals surface area contributed by atoms with Crippen molar-refractivity contribution >= 4 is 29.5 Å². The van der Waals surface area contributed by atoms with E-state index in [1.165, 1.54) is 0 Å². The average Bonchev–Trinajstić information content (AvgIpc) is 2.82. The molecule has 0 aromatic heterocycles. The van der Waals surface area contributed by atoms with Gasteiger partial charge < -0.3 is 9.64 Å². The van der Waals surface area contributed by atoms with E-state index in [1.54, 1.807) is 4.90 Å². The van der Waals surface area contributed by atoms with Gasteiger partial charge in [-0.2, -0.15) is 0 Å². The molecule has 128 valence electrons. The zero-order valence-electron chi connectivity index (χ0n) is 13.5. The van der Waals surface area contributed by atoms with Crippen LogP contribution in [-0.4, -0.2) is 53.9 Å². The van der Waals surface area contributed by atoms with Gasteiger partial charge >= 0.3 is 6.09 Å². The van der Waals surface area contributed by atoms with Crippen LogP contribution in [0, 0.1) is 12.8 Å². The molecule has 0 radical (unpaired) electrons. The maximum Gasteiger partial charge on any atom is 0.417 e. The molecule has 1 aromatic carbocycles. The molecule has 1 aromatic rings. The third-order valence-electron chi connectivity index (χ3n) is 4.44. The maximum atomic E-state index is 12.2. The number of halogens is 1. The minimum atomic E-state index is -0.581. The van der Waals surface area contributed by atoms with E-state index in [4.69, 9.17) is 11.6 Å². The minimum Gasteiger partial charge on any atom is -0.439 e. The summed E-state index contributed by atoms with van der Waals surface area (Å²) >= 11 is 6.00. The summed E-state index contributed by atoms with van der Waals surface area (Å²) in [6.07, 6.45) is 0.538. The summed E-state index contributed by atoms with van der Waals surface area (Å²) < 4.78 is 4.67. The predicted octanol–water partition coefficient (Wildman–Crippen LogP) is 2.02. The molecule has 0 bridgehead atoms. The Hall–Kier alpha value is -2.08. The van der Waals surface area contributed by atoms with Crippen LogP contribution in [0.15, 0.2) is 18.2 Å². The third-order valence-corrected chi connectivity index (χ3v) is 4.87. The molecule has 3 amide bonds. The lowest BCUT2D eigenvalue weighted by atomic mass is 9.98. The van der Waals surface area contributed by atoms with Crippen molar-refractivity contribution in [3.8, 4) is 0 Å². The number of likely N-dealkylation sites (tertiary alicyclic amines) is 1. The first-order valence-corrected chi connectivity index (χ1v) is 8.32. The van der Waals surface area contributed by atoms with Gasteiger partial charge in [0.15, 0.2) is 6.61 Å². The Bertz CT molecular complexity index is 669. The molecular weight excluding hydrogens is 332 g/mol. The van der Waals surface area contributed by atoms with Gasteiger partial charge in [-0.05, 0) is 30.5 Å². The van der Waals surface area contributed by atoms with Crippen LogP contribution in [0.1, 0.15) is 17.5 Å². The number of benzene rings is 1. The zero-order chi connectivity index (χ0) is 17.3. The van der Waals surface area contributed by atoms with Crippen LogP contribution in [0.5, 0.6) is 0 Å². The number of rotatable bonds is 5. The molecule has 0 spiro atoms. The Morgan fingerprint density at radius 1 is 1.33 bits per heavy atom. The number of amides is 3. The highest BCUT2D eigenvalue weighted by Crippen LogP contribution is 2.21. The van der Waals surface area contributed by atoms with Crippen molar-refractivity contribution in [2.75, 3.05) is 26.2 Å². The lowest BCUT2D eigenvalue weighted by Crippen LogP contribution is -2.54. The Labute approximate surface area is 145 Å². The topological polar surface area (TPSA) is 66.9 Å². The van der Waals surface area contributed by atoms with Gasteiger partial charge in [-0.3, -0.25) is 9.59 Å². The van der Waals surface area contributed by atoms with Crippen molar-refractivity contribution in [2.24, 2.45) is 5.92 Å². The molecule has 2 aliphatic heterocycles. The van der Waals surface area contributed by atoms with Gasteiger partial charge in [-0.1, -0.05) is 23.7 Å². The molecule has 0 N–H and O–H groups in total. The first-order chi connectivity index (χ1) is 11.4. The quantitative estimate of drug-likeness (QED) is 0.814. The van der Waals surface area contributed by atoms with Crippen LogP contribution in [0.3, 0.4) is 0 Å². The van der Waals surface area contributed by atoms with E-state index in [1.807, 2.05) is 25.1 Å². The second kappa shape index (κ2) is 6.81. The van der Waals surface area contributed by atoms with Crippen LogP contribution < -0.4 is 0 Å². The Balaban J connectivity index is 1.42. The number of carbonyl (C=O) groups excluding carboxylic acids is 3. The molecule has 0 atom stereocenters. The van der Waals surface area contributed by atoms with Crippen molar-refractivity contribution in [3.05, 3.63) is 34.3 Å². The van der Waals surface area contributed by atoms with E-state index in [-0.39, 0.29) is 24.3 Å². The monoisotopic (exact) mass is 350 g/mol. The molecular formula is C17H19ClN2O4. The van der Waals surface area contributed by atoms with Crippen LogP contribution in [-0.2, 0) is 20.7 Å². The molecule has 2 saturated heterocycles. The zero-order valence-corrected chi connectivity index (χ0v) is 14.2.